The van der Waals surface area contributed by atoms with Gasteiger partial charge >= 0.3 is 0 Å². The molecule has 2 heterocycles. The first kappa shape index (κ1) is 11.0. The lowest BCUT2D eigenvalue weighted by molar-refractivity contribution is 1.11. The number of para-hydroxylation sites is 3. The lowest BCUT2D eigenvalue weighted by Gasteiger charge is -1.94. The summed E-state index contributed by atoms with van der Waals surface area (Å²) in [5, 5.41) is 9.68. The van der Waals surface area contributed by atoms with Crippen LogP contribution in [0.5, 0.6) is 0 Å². The van der Waals surface area contributed by atoms with Crippen molar-refractivity contribution in [1.82, 2.24) is 0 Å². The Morgan fingerprint density at radius 3 is 1.94 bits per heavy atom. The van der Waals surface area contributed by atoms with Crippen LogP contribution >= 0.6 is 0 Å². The molecule has 2 aromatic carbocycles. The maximum Gasteiger partial charge on any atom is 0.0850 e. The molecule has 0 spiro atoms. The van der Waals surface area contributed by atoms with Gasteiger partial charge in [-0.1, -0.05) is 30.3 Å². The summed E-state index contributed by atoms with van der Waals surface area (Å²) >= 11 is 0. The molecule has 0 radical (unpaired) electrons. The molecule has 0 aromatic heterocycles. The fourth-order valence-electron chi connectivity index (χ4n) is 2.27. The summed E-state index contributed by atoms with van der Waals surface area (Å²) in [6.07, 6.45) is 1.19. The van der Waals surface area contributed by atoms with Gasteiger partial charge in [-0.15, -0.1) is 0 Å². The quantitative estimate of drug-likeness (QED) is 0.661. The van der Waals surface area contributed by atoms with Crippen molar-refractivity contribution in [3.63, 3.8) is 0 Å². The van der Waals surface area contributed by atoms with E-state index >= 15 is 0 Å². The van der Waals surface area contributed by atoms with Gasteiger partial charge < -0.3 is 16.0 Å². The van der Waals surface area contributed by atoms with Crippen LogP contribution in [0.3, 0.4) is 0 Å². The van der Waals surface area contributed by atoms with Gasteiger partial charge in [0, 0.05) is 12.2 Å². The molecule has 0 bridgehead atoms. The number of hydrogen-bond acceptors (Lipinski definition) is 3. The fraction of sp³-hybridized carbons (Fsp3) is 0.200. The van der Waals surface area contributed by atoms with Crippen LogP contribution in [0.1, 0.15) is 5.56 Å². The second-order valence-electron chi connectivity index (χ2n) is 4.41. The number of nitrogens with one attached hydrogen (secondary N) is 3. The Kier molecular flexibility index (Phi) is 3.05. The molecule has 2 aliphatic heterocycles. The lowest BCUT2D eigenvalue weighted by Crippen LogP contribution is -1.98. The molecule has 0 fully saturated rings. The monoisotopic (exact) mass is 239 g/mol. The Labute approximate surface area is 107 Å². The highest BCUT2D eigenvalue weighted by molar-refractivity contribution is 5.72. The maximum absolute atomic E-state index is 3.30. The van der Waals surface area contributed by atoms with Crippen molar-refractivity contribution in [1.29, 1.82) is 0 Å². The van der Waals surface area contributed by atoms with Gasteiger partial charge in [0.1, 0.15) is 0 Å². The summed E-state index contributed by atoms with van der Waals surface area (Å²) in [5.41, 5.74) is 5.19. The first-order valence-electron chi connectivity index (χ1n) is 6.32. The van der Waals surface area contributed by atoms with Gasteiger partial charge in [-0.3, -0.25) is 0 Å². The summed E-state index contributed by atoms with van der Waals surface area (Å²) < 4.78 is 0. The topological polar surface area (TPSA) is 36.1 Å². The third-order valence-corrected chi connectivity index (χ3v) is 3.21. The normalized spacial score (nSPS) is 14.2. The molecule has 18 heavy (non-hydrogen) atoms. The van der Waals surface area contributed by atoms with Crippen molar-refractivity contribution in [3.05, 3.63) is 54.1 Å². The molecule has 0 amide bonds. The Balaban J connectivity index is 0.000000111. The van der Waals surface area contributed by atoms with Crippen LogP contribution in [-0.4, -0.2) is 13.2 Å². The average molecular weight is 239 g/mol. The molecule has 0 unspecified atom stereocenters. The van der Waals surface area contributed by atoms with Crippen molar-refractivity contribution in [2.75, 3.05) is 29.2 Å². The summed E-state index contributed by atoms with van der Waals surface area (Å²) in [6.45, 7) is 1.97. The number of rotatable bonds is 0. The average Bonchev–Trinajstić information content (AvgIpc) is 3.08. The molecule has 4 rings (SSSR count). The van der Waals surface area contributed by atoms with E-state index in [9.17, 15) is 0 Å². The van der Waals surface area contributed by atoms with Gasteiger partial charge in [0.05, 0.1) is 18.0 Å². The minimum atomic E-state index is 0.860. The SMILES string of the molecule is c1ccc2c(c1)CCN2.c1ccc2c(c1)NCN2. The van der Waals surface area contributed by atoms with E-state index in [1.807, 2.05) is 12.1 Å². The molecule has 0 saturated heterocycles. The molecule has 3 heteroatoms. The van der Waals surface area contributed by atoms with E-state index in [1.54, 1.807) is 0 Å². The standard InChI is InChI=1S/C8H9N.C7H8N2/c1-2-4-8-7(3-1)5-6-9-8;1-2-4-7-6(3-1)8-5-9-7/h1-4,9H,5-6H2;1-4,8-9H,5H2. The van der Waals surface area contributed by atoms with Gasteiger partial charge in [-0.05, 0) is 30.2 Å². The lowest BCUT2D eigenvalue weighted by atomic mass is 10.2. The van der Waals surface area contributed by atoms with Gasteiger partial charge in [0.25, 0.3) is 0 Å². The summed E-state index contributed by atoms with van der Waals surface area (Å²) in [6, 6.07) is 16.6. The van der Waals surface area contributed by atoms with Crippen molar-refractivity contribution in [2.45, 2.75) is 6.42 Å². The van der Waals surface area contributed by atoms with E-state index in [2.05, 4.69) is 52.3 Å². The van der Waals surface area contributed by atoms with Crippen LogP contribution in [-0.2, 0) is 6.42 Å². The van der Waals surface area contributed by atoms with Crippen molar-refractivity contribution in [2.24, 2.45) is 0 Å². The van der Waals surface area contributed by atoms with E-state index in [-0.39, 0.29) is 0 Å². The minimum absolute atomic E-state index is 0.860. The van der Waals surface area contributed by atoms with Crippen LogP contribution in [0.2, 0.25) is 0 Å². The van der Waals surface area contributed by atoms with Crippen molar-refractivity contribution >= 4 is 17.1 Å². The summed E-state index contributed by atoms with van der Waals surface area (Å²) in [5.74, 6) is 0. The molecule has 2 aliphatic rings. The van der Waals surface area contributed by atoms with Gasteiger partial charge in [-0.25, -0.2) is 0 Å². The van der Waals surface area contributed by atoms with Gasteiger partial charge in [-0.2, -0.15) is 0 Å². The van der Waals surface area contributed by atoms with Crippen molar-refractivity contribution in [3.8, 4) is 0 Å². The molecule has 0 aliphatic carbocycles. The summed E-state index contributed by atoms with van der Waals surface area (Å²) in [4.78, 5) is 0. The van der Waals surface area contributed by atoms with Crippen molar-refractivity contribution < 1.29 is 0 Å². The third kappa shape index (κ3) is 2.25. The van der Waals surface area contributed by atoms with Gasteiger partial charge in [0.2, 0.25) is 0 Å². The predicted octanol–water partition coefficient (Wildman–Crippen LogP) is 3.14. The van der Waals surface area contributed by atoms with E-state index in [1.165, 1.54) is 29.0 Å². The summed E-state index contributed by atoms with van der Waals surface area (Å²) in [7, 11) is 0. The van der Waals surface area contributed by atoms with E-state index < -0.39 is 0 Å². The molecule has 92 valence electrons. The van der Waals surface area contributed by atoms with E-state index in [0.717, 1.165) is 13.2 Å². The smallest absolute Gasteiger partial charge is 0.0850 e. The molecular weight excluding hydrogens is 222 g/mol. The molecule has 0 atom stereocenters. The van der Waals surface area contributed by atoms with E-state index in [0.29, 0.717) is 0 Å². The number of fused-ring (bicyclic) bond motifs is 2. The van der Waals surface area contributed by atoms with Crippen LogP contribution in [0, 0.1) is 0 Å². The third-order valence-electron chi connectivity index (χ3n) is 3.21. The Bertz CT molecular complexity index is 441. The first-order valence-corrected chi connectivity index (χ1v) is 6.32. The zero-order valence-corrected chi connectivity index (χ0v) is 10.2. The van der Waals surface area contributed by atoms with Crippen LogP contribution in [0.15, 0.2) is 48.5 Å². The highest BCUT2D eigenvalue weighted by Gasteiger charge is 2.06. The Morgan fingerprint density at radius 2 is 1.28 bits per heavy atom. The molecular formula is C15H17N3. The highest BCUT2D eigenvalue weighted by atomic mass is 15.1. The van der Waals surface area contributed by atoms with Gasteiger partial charge in [0.15, 0.2) is 0 Å². The maximum atomic E-state index is 3.30. The number of benzene rings is 2. The minimum Gasteiger partial charge on any atom is -0.384 e. The second-order valence-corrected chi connectivity index (χ2v) is 4.41. The number of anilines is 3. The largest absolute Gasteiger partial charge is 0.384 e. The first-order chi connectivity index (χ1) is 8.93. The molecule has 2 aromatic rings. The zero-order chi connectivity index (χ0) is 12.2. The Morgan fingerprint density at radius 1 is 0.667 bits per heavy atom. The van der Waals surface area contributed by atoms with Crippen LogP contribution in [0.25, 0.3) is 0 Å². The molecule has 0 saturated carbocycles. The predicted molar refractivity (Wildman–Crippen MR) is 77.2 cm³/mol. The molecule has 3 N–H and O–H groups in total. The van der Waals surface area contributed by atoms with Crippen LogP contribution in [0.4, 0.5) is 17.1 Å². The van der Waals surface area contributed by atoms with E-state index in [4.69, 9.17) is 0 Å². The zero-order valence-electron chi connectivity index (χ0n) is 10.2. The molecule has 3 nitrogen and oxygen atoms in total. The number of hydrogen-bond donors (Lipinski definition) is 3. The fourth-order valence-corrected chi connectivity index (χ4v) is 2.27. The Hall–Kier alpha value is -2.16. The second kappa shape index (κ2) is 5.00. The highest BCUT2D eigenvalue weighted by Crippen LogP contribution is 2.24. The van der Waals surface area contributed by atoms with Crippen LogP contribution < -0.4 is 16.0 Å².